The number of hydrogen-bond acceptors (Lipinski definition) is 3. The van der Waals surface area contributed by atoms with Crippen LogP contribution in [0.1, 0.15) is 5.56 Å². The van der Waals surface area contributed by atoms with Gasteiger partial charge in [-0.25, -0.2) is 8.78 Å². The van der Waals surface area contributed by atoms with Gasteiger partial charge >= 0.3 is 0 Å². The second-order valence-corrected chi connectivity index (χ2v) is 4.55. The smallest absolute Gasteiger partial charge is 0.248 e. The fraction of sp³-hybridized carbons (Fsp3) is 0.462. The predicted octanol–water partition coefficient (Wildman–Crippen LogP) is 0.601. The number of rotatable bonds is 3. The predicted molar refractivity (Wildman–Crippen MR) is 65.3 cm³/mol. The number of benzene rings is 1. The third-order valence-electron chi connectivity index (χ3n) is 3.27. The second kappa shape index (κ2) is 6.08. The molecule has 0 aliphatic carbocycles. The zero-order chi connectivity index (χ0) is 13.8. The summed E-state index contributed by atoms with van der Waals surface area (Å²) in [4.78, 5) is 14.9. The van der Waals surface area contributed by atoms with Crippen LogP contribution >= 0.6 is 0 Å². The molecule has 0 bridgehead atoms. The fourth-order valence-corrected chi connectivity index (χ4v) is 2.15. The first-order valence-corrected chi connectivity index (χ1v) is 6.15. The van der Waals surface area contributed by atoms with Crippen LogP contribution in [-0.4, -0.2) is 53.6 Å². The molecule has 2 rings (SSSR count). The molecule has 1 N–H and O–H groups in total. The van der Waals surface area contributed by atoms with E-state index in [0.29, 0.717) is 38.3 Å². The summed E-state index contributed by atoms with van der Waals surface area (Å²) >= 11 is 0. The molecule has 4 nitrogen and oxygen atoms in total. The maximum Gasteiger partial charge on any atom is 0.248 e. The van der Waals surface area contributed by atoms with Crippen molar-refractivity contribution in [3.05, 3.63) is 35.4 Å². The van der Waals surface area contributed by atoms with Crippen molar-refractivity contribution in [2.24, 2.45) is 0 Å². The van der Waals surface area contributed by atoms with Gasteiger partial charge in [-0.3, -0.25) is 9.69 Å². The molecule has 1 aromatic rings. The van der Waals surface area contributed by atoms with Gasteiger partial charge in [0, 0.05) is 44.4 Å². The largest absolute Gasteiger partial charge is 0.387 e. The summed E-state index contributed by atoms with van der Waals surface area (Å²) in [5.41, 5.74) is 0.448. The molecule has 0 radical (unpaired) electrons. The minimum Gasteiger partial charge on any atom is -0.387 e. The van der Waals surface area contributed by atoms with E-state index in [4.69, 9.17) is 5.11 Å². The van der Waals surface area contributed by atoms with Gasteiger partial charge in [0.15, 0.2) is 0 Å². The van der Waals surface area contributed by atoms with Crippen LogP contribution in [0.5, 0.6) is 0 Å². The summed E-state index contributed by atoms with van der Waals surface area (Å²) in [6.07, 6.45) is 0. The highest BCUT2D eigenvalue weighted by atomic mass is 19.1. The Morgan fingerprint density at radius 3 is 2.47 bits per heavy atom. The molecule has 0 aromatic heterocycles. The summed E-state index contributed by atoms with van der Waals surface area (Å²) in [6, 6.07) is 3.56. The Kier molecular flexibility index (Phi) is 4.44. The Labute approximate surface area is 110 Å². The topological polar surface area (TPSA) is 43.8 Å². The van der Waals surface area contributed by atoms with E-state index >= 15 is 0 Å². The average molecular weight is 270 g/mol. The number of hydrogen-bond donors (Lipinski definition) is 1. The Balaban J connectivity index is 1.90. The van der Waals surface area contributed by atoms with Crippen molar-refractivity contribution in [2.75, 3.05) is 32.8 Å². The zero-order valence-electron chi connectivity index (χ0n) is 10.5. The van der Waals surface area contributed by atoms with E-state index in [1.54, 1.807) is 4.90 Å². The molecule has 0 atom stereocenters. The van der Waals surface area contributed by atoms with Crippen LogP contribution in [0, 0.1) is 11.6 Å². The molecule has 0 spiro atoms. The molecule has 1 aliphatic rings. The molecule has 1 aromatic carbocycles. The Hall–Kier alpha value is -1.53. The standard InChI is InChI=1S/C13H16F2N2O2/c14-11-2-1-10(12(15)7-11)8-16-3-5-17(6-4-16)13(19)9-18/h1-2,7,18H,3-6,8-9H2. The van der Waals surface area contributed by atoms with Crippen LogP contribution in [0.3, 0.4) is 0 Å². The first-order valence-electron chi connectivity index (χ1n) is 6.15. The van der Waals surface area contributed by atoms with E-state index in [2.05, 4.69) is 0 Å². The van der Waals surface area contributed by atoms with E-state index < -0.39 is 18.2 Å². The number of nitrogens with zero attached hydrogens (tertiary/aromatic N) is 2. The molecular weight excluding hydrogens is 254 g/mol. The summed E-state index contributed by atoms with van der Waals surface area (Å²) < 4.78 is 26.3. The molecular formula is C13H16F2N2O2. The molecule has 0 saturated carbocycles. The van der Waals surface area contributed by atoms with Crippen molar-refractivity contribution in [1.29, 1.82) is 0 Å². The fourth-order valence-electron chi connectivity index (χ4n) is 2.15. The molecule has 6 heteroatoms. The molecule has 19 heavy (non-hydrogen) atoms. The van der Waals surface area contributed by atoms with Gasteiger partial charge < -0.3 is 10.0 Å². The van der Waals surface area contributed by atoms with Crippen LogP contribution < -0.4 is 0 Å². The third-order valence-corrected chi connectivity index (χ3v) is 3.27. The highest BCUT2D eigenvalue weighted by Crippen LogP contribution is 2.13. The van der Waals surface area contributed by atoms with E-state index in [0.717, 1.165) is 6.07 Å². The minimum absolute atomic E-state index is 0.285. The quantitative estimate of drug-likeness (QED) is 0.875. The maximum absolute atomic E-state index is 13.5. The van der Waals surface area contributed by atoms with Gasteiger partial charge in [0.2, 0.25) is 5.91 Å². The van der Waals surface area contributed by atoms with Crippen molar-refractivity contribution in [3.8, 4) is 0 Å². The highest BCUT2D eigenvalue weighted by Gasteiger charge is 2.21. The molecule has 104 valence electrons. The van der Waals surface area contributed by atoms with Gasteiger partial charge in [0.05, 0.1) is 0 Å². The first-order chi connectivity index (χ1) is 9.10. The van der Waals surface area contributed by atoms with Crippen LogP contribution in [0.4, 0.5) is 8.78 Å². The SMILES string of the molecule is O=C(CO)N1CCN(Cc2ccc(F)cc2F)CC1. The van der Waals surface area contributed by atoms with E-state index in [1.807, 2.05) is 4.90 Å². The van der Waals surface area contributed by atoms with Crippen molar-refractivity contribution in [3.63, 3.8) is 0 Å². The molecule has 1 fully saturated rings. The summed E-state index contributed by atoms with van der Waals surface area (Å²) in [6.45, 7) is 2.18. The van der Waals surface area contributed by atoms with Crippen LogP contribution in [-0.2, 0) is 11.3 Å². The van der Waals surface area contributed by atoms with E-state index in [1.165, 1.54) is 12.1 Å². The van der Waals surface area contributed by atoms with Gasteiger partial charge in [-0.1, -0.05) is 6.07 Å². The zero-order valence-corrected chi connectivity index (χ0v) is 10.5. The van der Waals surface area contributed by atoms with Gasteiger partial charge in [-0.05, 0) is 6.07 Å². The second-order valence-electron chi connectivity index (χ2n) is 4.55. The lowest BCUT2D eigenvalue weighted by atomic mass is 10.2. The monoisotopic (exact) mass is 270 g/mol. The van der Waals surface area contributed by atoms with Crippen molar-refractivity contribution < 1.29 is 18.7 Å². The Morgan fingerprint density at radius 1 is 1.21 bits per heavy atom. The van der Waals surface area contributed by atoms with Gasteiger partial charge in [0.1, 0.15) is 18.2 Å². The van der Waals surface area contributed by atoms with Crippen molar-refractivity contribution in [1.82, 2.24) is 9.80 Å². The minimum atomic E-state index is -0.584. The normalized spacial score (nSPS) is 16.7. The number of halogens is 2. The maximum atomic E-state index is 13.5. The molecule has 0 unspecified atom stereocenters. The van der Waals surface area contributed by atoms with E-state index in [9.17, 15) is 13.6 Å². The number of amides is 1. The highest BCUT2D eigenvalue weighted by molar-refractivity contribution is 5.77. The number of aliphatic hydroxyl groups is 1. The van der Waals surface area contributed by atoms with Gasteiger partial charge in [-0.15, -0.1) is 0 Å². The van der Waals surface area contributed by atoms with Crippen LogP contribution in [0.2, 0.25) is 0 Å². The molecule has 1 amide bonds. The van der Waals surface area contributed by atoms with Crippen molar-refractivity contribution in [2.45, 2.75) is 6.54 Å². The lowest BCUT2D eigenvalue weighted by molar-refractivity contribution is -0.136. The molecule has 1 heterocycles. The summed E-state index contributed by atoms with van der Waals surface area (Å²) in [5.74, 6) is -1.42. The Bertz CT molecular complexity index is 460. The number of piperazine rings is 1. The number of aliphatic hydroxyl groups excluding tert-OH is 1. The summed E-state index contributed by atoms with van der Waals surface area (Å²) in [5, 5.41) is 8.76. The van der Waals surface area contributed by atoms with Gasteiger partial charge in [0.25, 0.3) is 0 Å². The number of carbonyl (C=O) groups excluding carboxylic acids is 1. The van der Waals surface area contributed by atoms with Crippen LogP contribution in [0.15, 0.2) is 18.2 Å². The average Bonchev–Trinajstić information content (AvgIpc) is 2.42. The Morgan fingerprint density at radius 2 is 1.89 bits per heavy atom. The summed E-state index contributed by atoms with van der Waals surface area (Å²) in [7, 11) is 0. The number of carbonyl (C=O) groups is 1. The third kappa shape index (κ3) is 3.48. The lowest BCUT2D eigenvalue weighted by Crippen LogP contribution is -2.49. The molecule has 1 saturated heterocycles. The van der Waals surface area contributed by atoms with Gasteiger partial charge in [-0.2, -0.15) is 0 Å². The lowest BCUT2D eigenvalue weighted by Gasteiger charge is -2.34. The van der Waals surface area contributed by atoms with E-state index in [-0.39, 0.29) is 5.91 Å². The molecule has 1 aliphatic heterocycles. The van der Waals surface area contributed by atoms with Crippen LogP contribution in [0.25, 0.3) is 0 Å². The first kappa shape index (κ1) is 13.9. The van der Waals surface area contributed by atoms with Crippen molar-refractivity contribution >= 4 is 5.91 Å².